The zero-order valence-corrected chi connectivity index (χ0v) is 13.8. The van der Waals surface area contributed by atoms with Crippen LogP contribution in [-0.4, -0.2) is 19.5 Å². The lowest BCUT2D eigenvalue weighted by molar-refractivity contribution is 0.297. The predicted molar refractivity (Wildman–Crippen MR) is 92.3 cm³/mol. The van der Waals surface area contributed by atoms with Crippen LogP contribution in [0, 0.1) is 0 Å². The molecular weight excluding hydrogens is 294 g/mol. The molecule has 116 valence electrons. The Bertz CT molecular complexity index is 645. The lowest BCUT2D eigenvalue weighted by atomic mass is 10.1. The molecule has 2 aromatic rings. The average Bonchev–Trinajstić information content (AvgIpc) is 2.79. The van der Waals surface area contributed by atoms with Gasteiger partial charge >= 0.3 is 0 Å². The highest BCUT2D eigenvalue weighted by molar-refractivity contribution is 7.98. The Morgan fingerprint density at radius 3 is 2.68 bits per heavy atom. The molecule has 1 atom stereocenters. The fraction of sp³-hybridized carbons (Fsp3) is 0.333. The summed E-state index contributed by atoms with van der Waals surface area (Å²) in [4.78, 5) is 1.26. The lowest BCUT2D eigenvalue weighted by Crippen LogP contribution is -2.07. The van der Waals surface area contributed by atoms with Crippen molar-refractivity contribution in [3.8, 4) is 11.5 Å². The first-order chi connectivity index (χ1) is 10.8. The van der Waals surface area contributed by atoms with Crippen LogP contribution < -0.4 is 14.8 Å². The van der Waals surface area contributed by atoms with E-state index in [2.05, 4.69) is 54.9 Å². The van der Waals surface area contributed by atoms with Gasteiger partial charge in [-0.3, -0.25) is 0 Å². The van der Waals surface area contributed by atoms with E-state index in [0.717, 1.165) is 30.2 Å². The average molecular weight is 315 g/mol. The van der Waals surface area contributed by atoms with Crippen molar-refractivity contribution >= 4 is 17.4 Å². The summed E-state index contributed by atoms with van der Waals surface area (Å²) in [5.41, 5.74) is 2.32. The first-order valence-electron chi connectivity index (χ1n) is 7.56. The SMILES string of the molecule is CSc1cccc(NC(C)c2ccc3c(c2)OCCCO3)c1. The van der Waals surface area contributed by atoms with Gasteiger partial charge in [0.25, 0.3) is 0 Å². The van der Waals surface area contributed by atoms with Crippen molar-refractivity contribution in [3.63, 3.8) is 0 Å². The van der Waals surface area contributed by atoms with Crippen molar-refractivity contribution in [1.82, 2.24) is 0 Å². The second-order valence-electron chi connectivity index (χ2n) is 5.35. The molecule has 4 heteroatoms. The van der Waals surface area contributed by atoms with Gasteiger partial charge in [-0.15, -0.1) is 11.8 Å². The van der Waals surface area contributed by atoms with Crippen LogP contribution in [-0.2, 0) is 0 Å². The maximum absolute atomic E-state index is 5.77. The number of hydrogen-bond donors (Lipinski definition) is 1. The summed E-state index contributed by atoms with van der Waals surface area (Å²) in [7, 11) is 0. The number of thioether (sulfide) groups is 1. The molecule has 0 fully saturated rings. The van der Waals surface area contributed by atoms with Crippen molar-refractivity contribution in [2.45, 2.75) is 24.3 Å². The van der Waals surface area contributed by atoms with Crippen LogP contribution in [0.1, 0.15) is 24.9 Å². The Morgan fingerprint density at radius 2 is 1.86 bits per heavy atom. The molecule has 1 aliphatic heterocycles. The first kappa shape index (κ1) is 15.1. The van der Waals surface area contributed by atoms with Gasteiger partial charge in [0.2, 0.25) is 0 Å². The molecule has 0 bridgehead atoms. The van der Waals surface area contributed by atoms with Gasteiger partial charge in [0.1, 0.15) is 0 Å². The fourth-order valence-corrected chi connectivity index (χ4v) is 2.95. The van der Waals surface area contributed by atoms with Gasteiger partial charge in [-0.25, -0.2) is 0 Å². The summed E-state index contributed by atoms with van der Waals surface area (Å²) in [6.07, 6.45) is 3.02. The van der Waals surface area contributed by atoms with E-state index in [9.17, 15) is 0 Å². The minimum Gasteiger partial charge on any atom is -0.490 e. The van der Waals surface area contributed by atoms with Crippen LogP contribution >= 0.6 is 11.8 Å². The summed E-state index contributed by atoms with van der Waals surface area (Å²) < 4.78 is 11.5. The molecular formula is C18H21NO2S. The van der Waals surface area contributed by atoms with Crippen molar-refractivity contribution in [2.75, 3.05) is 24.8 Å². The van der Waals surface area contributed by atoms with Crippen molar-refractivity contribution in [3.05, 3.63) is 48.0 Å². The Balaban J connectivity index is 1.77. The van der Waals surface area contributed by atoms with Crippen LogP contribution in [0.3, 0.4) is 0 Å². The number of rotatable bonds is 4. The number of nitrogens with one attached hydrogen (secondary N) is 1. The predicted octanol–water partition coefficient (Wildman–Crippen LogP) is 4.74. The van der Waals surface area contributed by atoms with Gasteiger partial charge < -0.3 is 14.8 Å². The molecule has 1 heterocycles. The smallest absolute Gasteiger partial charge is 0.161 e. The van der Waals surface area contributed by atoms with Gasteiger partial charge in [-0.1, -0.05) is 12.1 Å². The van der Waals surface area contributed by atoms with E-state index in [0.29, 0.717) is 6.61 Å². The molecule has 1 aliphatic rings. The zero-order chi connectivity index (χ0) is 15.4. The third kappa shape index (κ3) is 3.50. The van der Waals surface area contributed by atoms with E-state index in [-0.39, 0.29) is 6.04 Å². The molecule has 0 spiro atoms. The highest BCUT2D eigenvalue weighted by Gasteiger charge is 2.13. The Hall–Kier alpha value is -1.81. The van der Waals surface area contributed by atoms with E-state index in [1.165, 1.54) is 10.5 Å². The lowest BCUT2D eigenvalue weighted by Gasteiger charge is -2.18. The standard InChI is InChI=1S/C18H21NO2S/c1-13(19-15-5-3-6-16(12-15)22-2)14-7-8-17-18(11-14)21-10-4-9-20-17/h3,5-8,11-13,19H,4,9-10H2,1-2H3. The molecule has 3 nitrogen and oxygen atoms in total. The van der Waals surface area contributed by atoms with E-state index < -0.39 is 0 Å². The highest BCUT2D eigenvalue weighted by atomic mass is 32.2. The van der Waals surface area contributed by atoms with Crippen molar-refractivity contribution in [2.24, 2.45) is 0 Å². The largest absolute Gasteiger partial charge is 0.490 e. The molecule has 2 aromatic carbocycles. The molecule has 0 saturated carbocycles. The number of ether oxygens (including phenoxy) is 2. The van der Waals surface area contributed by atoms with Gasteiger partial charge in [0.05, 0.1) is 13.2 Å². The first-order valence-corrected chi connectivity index (χ1v) is 8.79. The molecule has 0 aromatic heterocycles. The van der Waals surface area contributed by atoms with Crippen LogP contribution in [0.4, 0.5) is 5.69 Å². The van der Waals surface area contributed by atoms with Crippen molar-refractivity contribution in [1.29, 1.82) is 0 Å². The molecule has 0 aliphatic carbocycles. The third-order valence-corrected chi connectivity index (χ3v) is 4.45. The van der Waals surface area contributed by atoms with E-state index in [1.54, 1.807) is 11.8 Å². The summed E-state index contributed by atoms with van der Waals surface area (Å²) >= 11 is 1.75. The highest BCUT2D eigenvalue weighted by Crippen LogP contribution is 2.33. The topological polar surface area (TPSA) is 30.5 Å². The molecule has 0 radical (unpaired) electrons. The van der Waals surface area contributed by atoms with Gasteiger partial charge in [0, 0.05) is 23.0 Å². The van der Waals surface area contributed by atoms with E-state index in [4.69, 9.17) is 9.47 Å². The fourth-order valence-electron chi connectivity index (χ4n) is 2.50. The van der Waals surface area contributed by atoms with Crippen LogP contribution in [0.5, 0.6) is 11.5 Å². The van der Waals surface area contributed by atoms with E-state index >= 15 is 0 Å². The number of hydrogen-bond acceptors (Lipinski definition) is 4. The maximum Gasteiger partial charge on any atom is 0.161 e. The molecule has 22 heavy (non-hydrogen) atoms. The van der Waals surface area contributed by atoms with Gasteiger partial charge in [-0.2, -0.15) is 0 Å². The second kappa shape index (κ2) is 6.97. The molecule has 1 N–H and O–H groups in total. The zero-order valence-electron chi connectivity index (χ0n) is 13.0. The van der Waals surface area contributed by atoms with Crippen LogP contribution in [0.2, 0.25) is 0 Å². The number of benzene rings is 2. The second-order valence-corrected chi connectivity index (χ2v) is 6.23. The summed E-state index contributed by atoms with van der Waals surface area (Å²) in [6, 6.07) is 14.9. The quantitative estimate of drug-likeness (QED) is 0.825. The van der Waals surface area contributed by atoms with Gasteiger partial charge in [0.15, 0.2) is 11.5 Å². The van der Waals surface area contributed by atoms with Crippen LogP contribution in [0.15, 0.2) is 47.4 Å². The Labute approximate surface area is 136 Å². The number of anilines is 1. The summed E-state index contributed by atoms with van der Waals surface area (Å²) in [6.45, 7) is 3.60. The van der Waals surface area contributed by atoms with Crippen molar-refractivity contribution < 1.29 is 9.47 Å². The molecule has 1 unspecified atom stereocenters. The molecule has 0 saturated heterocycles. The molecule has 0 amide bonds. The third-order valence-electron chi connectivity index (χ3n) is 3.72. The minimum absolute atomic E-state index is 0.203. The normalized spacial score (nSPS) is 15.0. The monoisotopic (exact) mass is 315 g/mol. The summed E-state index contributed by atoms with van der Waals surface area (Å²) in [5, 5.41) is 3.55. The minimum atomic E-state index is 0.203. The number of fused-ring (bicyclic) bond motifs is 1. The Morgan fingerprint density at radius 1 is 1.05 bits per heavy atom. The summed E-state index contributed by atoms with van der Waals surface area (Å²) in [5.74, 6) is 1.69. The molecule has 3 rings (SSSR count). The van der Waals surface area contributed by atoms with E-state index in [1.807, 2.05) is 6.07 Å². The maximum atomic E-state index is 5.77. The van der Waals surface area contributed by atoms with Gasteiger partial charge in [-0.05, 0) is 49.1 Å². The Kier molecular flexibility index (Phi) is 4.78. The van der Waals surface area contributed by atoms with Crippen LogP contribution in [0.25, 0.3) is 0 Å².